The van der Waals surface area contributed by atoms with Gasteiger partial charge in [0, 0.05) is 18.7 Å². The van der Waals surface area contributed by atoms with Crippen LogP contribution in [0.15, 0.2) is 78.9 Å². The van der Waals surface area contributed by atoms with Crippen LogP contribution in [0.1, 0.15) is 34.5 Å². The summed E-state index contributed by atoms with van der Waals surface area (Å²) in [6, 6.07) is 20.1. The second-order valence-electron chi connectivity index (χ2n) is 8.37. The lowest BCUT2D eigenvalue weighted by Gasteiger charge is -2.17. The van der Waals surface area contributed by atoms with Gasteiger partial charge in [-0.15, -0.1) is 0 Å². The van der Waals surface area contributed by atoms with Gasteiger partial charge >= 0.3 is 12.1 Å². The van der Waals surface area contributed by atoms with Gasteiger partial charge in [-0.05, 0) is 64.7 Å². The fourth-order valence-corrected chi connectivity index (χ4v) is 4.08. The number of benzene rings is 4. The number of fused-ring (bicyclic) bond motifs is 1. The van der Waals surface area contributed by atoms with Crippen molar-refractivity contribution in [1.82, 2.24) is 5.32 Å². The largest absolute Gasteiger partial charge is 0.492 e. The molecule has 0 aliphatic rings. The van der Waals surface area contributed by atoms with Gasteiger partial charge in [-0.25, -0.2) is 9.18 Å². The average molecular weight is 497 g/mol. The second-order valence-corrected chi connectivity index (χ2v) is 8.37. The normalized spacial score (nSPS) is 12.5. The summed E-state index contributed by atoms with van der Waals surface area (Å²) >= 11 is 0. The number of ether oxygens (including phenoxy) is 1. The van der Waals surface area contributed by atoms with Gasteiger partial charge in [0.2, 0.25) is 0 Å². The third kappa shape index (κ3) is 5.83. The molecule has 36 heavy (non-hydrogen) atoms. The first-order valence-electron chi connectivity index (χ1n) is 11.2. The Labute approximate surface area is 205 Å². The van der Waals surface area contributed by atoms with Crippen LogP contribution in [0.2, 0.25) is 0 Å². The van der Waals surface area contributed by atoms with Crippen molar-refractivity contribution >= 4 is 16.7 Å². The highest BCUT2D eigenvalue weighted by atomic mass is 19.4. The molecule has 4 aromatic carbocycles. The SMILES string of the molecule is C[C@@H](NCCOc1cc(F)cc(-c2cc(C(=O)O)cc(C(F)(F)F)c2)c1)c1cccc2ccccc12. The summed E-state index contributed by atoms with van der Waals surface area (Å²) < 4.78 is 59.7. The number of hydrogen-bond donors (Lipinski definition) is 2. The highest BCUT2D eigenvalue weighted by Gasteiger charge is 2.32. The molecule has 0 saturated heterocycles. The van der Waals surface area contributed by atoms with Crippen molar-refractivity contribution in [1.29, 1.82) is 0 Å². The van der Waals surface area contributed by atoms with Gasteiger partial charge in [-0.3, -0.25) is 0 Å². The lowest BCUT2D eigenvalue weighted by molar-refractivity contribution is -0.137. The number of nitrogens with one attached hydrogen (secondary N) is 1. The van der Waals surface area contributed by atoms with E-state index in [0.29, 0.717) is 12.6 Å². The molecular formula is C28H23F4NO3. The molecular weight excluding hydrogens is 474 g/mol. The standard InChI is InChI=1S/C28H23F4NO3/c1-17(25-8-4-6-18-5-2-3-7-26(18)25)33-9-10-36-24-15-20(14-23(29)16-24)19-11-21(27(34)35)13-22(12-19)28(30,31)32/h2-8,11-17,33H,9-10H2,1H3,(H,34,35)/t17-/m1/s1. The first kappa shape index (κ1) is 25.2. The zero-order chi connectivity index (χ0) is 25.9. The number of carboxylic acids is 1. The maximum absolute atomic E-state index is 14.3. The van der Waals surface area contributed by atoms with Gasteiger partial charge < -0.3 is 15.2 Å². The predicted octanol–water partition coefficient (Wildman–Crippen LogP) is 7.09. The molecule has 0 amide bonds. The molecule has 186 valence electrons. The van der Waals surface area contributed by atoms with Crippen LogP contribution in [0.3, 0.4) is 0 Å². The smallest absolute Gasteiger partial charge is 0.416 e. The van der Waals surface area contributed by atoms with E-state index in [-0.39, 0.29) is 29.5 Å². The first-order valence-corrected chi connectivity index (χ1v) is 11.2. The Morgan fingerprint density at radius 3 is 2.44 bits per heavy atom. The molecule has 0 spiro atoms. The number of carbonyl (C=O) groups is 1. The first-order chi connectivity index (χ1) is 17.1. The number of hydrogen-bond acceptors (Lipinski definition) is 3. The molecule has 0 fully saturated rings. The van der Waals surface area contributed by atoms with E-state index in [2.05, 4.69) is 11.4 Å². The molecule has 4 nitrogen and oxygen atoms in total. The van der Waals surface area contributed by atoms with Crippen LogP contribution in [0.25, 0.3) is 21.9 Å². The summed E-state index contributed by atoms with van der Waals surface area (Å²) in [4.78, 5) is 11.3. The molecule has 4 rings (SSSR count). The summed E-state index contributed by atoms with van der Waals surface area (Å²) in [6.45, 7) is 2.64. The van der Waals surface area contributed by atoms with E-state index in [1.165, 1.54) is 6.07 Å². The molecule has 0 unspecified atom stereocenters. The highest BCUT2D eigenvalue weighted by Crippen LogP contribution is 2.35. The van der Waals surface area contributed by atoms with Gasteiger partial charge in [0.1, 0.15) is 18.2 Å². The Morgan fingerprint density at radius 2 is 1.69 bits per heavy atom. The van der Waals surface area contributed by atoms with Crippen molar-refractivity contribution in [2.45, 2.75) is 19.1 Å². The van der Waals surface area contributed by atoms with Gasteiger partial charge in [0.25, 0.3) is 0 Å². The van der Waals surface area contributed by atoms with Crippen molar-refractivity contribution in [2.24, 2.45) is 0 Å². The van der Waals surface area contributed by atoms with Crippen molar-refractivity contribution in [3.8, 4) is 16.9 Å². The summed E-state index contributed by atoms with van der Waals surface area (Å²) in [5.74, 6) is -2.10. The highest BCUT2D eigenvalue weighted by molar-refractivity contribution is 5.90. The lowest BCUT2D eigenvalue weighted by atomic mass is 9.99. The molecule has 0 aliphatic carbocycles. The minimum atomic E-state index is -4.75. The van der Waals surface area contributed by atoms with Crippen LogP contribution < -0.4 is 10.1 Å². The minimum absolute atomic E-state index is 0.0160. The molecule has 2 N–H and O–H groups in total. The third-order valence-electron chi connectivity index (χ3n) is 5.82. The summed E-state index contributed by atoms with van der Waals surface area (Å²) in [7, 11) is 0. The number of aromatic carboxylic acids is 1. The van der Waals surface area contributed by atoms with Crippen LogP contribution >= 0.6 is 0 Å². The van der Waals surface area contributed by atoms with E-state index in [4.69, 9.17) is 4.74 Å². The Bertz CT molecular complexity index is 1400. The average Bonchev–Trinajstić information content (AvgIpc) is 2.85. The summed E-state index contributed by atoms with van der Waals surface area (Å²) in [5, 5.41) is 14.8. The maximum Gasteiger partial charge on any atom is 0.416 e. The maximum atomic E-state index is 14.3. The third-order valence-corrected chi connectivity index (χ3v) is 5.82. The molecule has 0 heterocycles. The molecule has 4 aromatic rings. The molecule has 0 bridgehead atoms. The van der Waals surface area contributed by atoms with Crippen LogP contribution in [-0.2, 0) is 6.18 Å². The number of alkyl halides is 3. The van der Waals surface area contributed by atoms with Crippen LogP contribution in [-0.4, -0.2) is 24.2 Å². The lowest BCUT2D eigenvalue weighted by Crippen LogP contribution is -2.24. The van der Waals surface area contributed by atoms with Gasteiger partial charge in [-0.1, -0.05) is 42.5 Å². The molecule has 0 aliphatic heterocycles. The zero-order valence-electron chi connectivity index (χ0n) is 19.3. The van der Waals surface area contributed by atoms with E-state index in [0.717, 1.165) is 40.6 Å². The van der Waals surface area contributed by atoms with Crippen molar-refractivity contribution in [3.05, 3.63) is 101 Å². The van der Waals surface area contributed by atoms with Crippen LogP contribution in [0.5, 0.6) is 5.75 Å². The van der Waals surface area contributed by atoms with Crippen LogP contribution in [0.4, 0.5) is 17.6 Å². The fourth-order valence-electron chi connectivity index (χ4n) is 4.08. The van der Waals surface area contributed by atoms with E-state index in [1.54, 1.807) is 0 Å². The Balaban J connectivity index is 1.47. The molecule has 0 saturated carbocycles. The van der Waals surface area contributed by atoms with E-state index < -0.39 is 29.1 Å². The summed E-state index contributed by atoms with van der Waals surface area (Å²) in [6.07, 6.45) is -4.75. The fraction of sp³-hybridized carbons (Fsp3) is 0.179. The summed E-state index contributed by atoms with van der Waals surface area (Å²) in [5.41, 5.74) is -0.543. The topological polar surface area (TPSA) is 58.6 Å². The molecule has 1 atom stereocenters. The number of halogens is 4. The molecule has 8 heteroatoms. The number of carboxylic acid groups (broad SMARTS) is 1. The predicted molar refractivity (Wildman–Crippen MR) is 130 cm³/mol. The van der Waals surface area contributed by atoms with E-state index in [9.17, 15) is 27.5 Å². The molecule has 0 aromatic heterocycles. The van der Waals surface area contributed by atoms with Crippen molar-refractivity contribution in [2.75, 3.05) is 13.2 Å². The van der Waals surface area contributed by atoms with Crippen molar-refractivity contribution < 1.29 is 32.2 Å². The Hall–Kier alpha value is -3.91. The molecule has 0 radical (unpaired) electrons. The number of rotatable bonds is 8. The Kier molecular flexibility index (Phi) is 7.26. The van der Waals surface area contributed by atoms with E-state index in [1.807, 2.05) is 43.3 Å². The van der Waals surface area contributed by atoms with Crippen LogP contribution in [0, 0.1) is 5.82 Å². The monoisotopic (exact) mass is 497 g/mol. The zero-order valence-corrected chi connectivity index (χ0v) is 19.3. The minimum Gasteiger partial charge on any atom is -0.492 e. The van der Waals surface area contributed by atoms with Gasteiger partial charge in [0.05, 0.1) is 11.1 Å². The van der Waals surface area contributed by atoms with E-state index >= 15 is 0 Å². The second kappa shape index (κ2) is 10.4. The Morgan fingerprint density at radius 1 is 0.972 bits per heavy atom. The quantitative estimate of drug-likeness (QED) is 0.202. The van der Waals surface area contributed by atoms with Crippen molar-refractivity contribution in [3.63, 3.8) is 0 Å². The van der Waals surface area contributed by atoms with Gasteiger partial charge in [-0.2, -0.15) is 13.2 Å². The van der Waals surface area contributed by atoms with Gasteiger partial charge in [0.15, 0.2) is 0 Å².